The molecular formula is C31H41F3N6O3. The van der Waals surface area contributed by atoms with E-state index in [4.69, 9.17) is 4.74 Å². The van der Waals surface area contributed by atoms with E-state index in [1.165, 1.54) is 14.0 Å². The van der Waals surface area contributed by atoms with Gasteiger partial charge in [-0.05, 0) is 94.6 Å². The van der Waals surface area contributed by atoms with Crippen molar-refractivity contribution < 1.29 is 27.5 Å². The van der Waals surface area contributed by atoms with Crippen molar-refractivity contribution >= 4 is 23.5 Å². The summed E-state index contributed by atoms with van der Waals surface area (Å²) < 4.78 is 47.2. The zero-order chi connectivity index (χ0) is 30.8. The molecule has 1 spiro atoms. The lowest BCUT2D eigenvalue weighted by Gasteiger charge is -2.33. The summed E-state index contributed by atoms with van der Waals surface area (Å²) in [6, 6.07) is 5.06. The minimum absolute atomic E-state index is 0.0177. The highest BCUT2D eigenvalue weighted by Gasteiger charge is 2.58. The van der Waals surface area contributed by atoms with Crippen LogP contribution >= 0.6 is 0 Å². The average molecular weight is 603 g/mol. The van der Waals surface area contributed by atoms with Crippen LogP contribution in [0.4, 0.5) is 24.8 Å². The fourth-order valence-electron chi connectivity index (χ4n) is 6.94. The Morgan fingerprint density at radius 1 is 1.14 bits per heavy atom. The Morgan fingerprint density at radius 2 is 1.91 bits per heavy atom. The maximum atomic E-state index is 13.9. The van der Waals surface area contributed by atoms with E-state index in [9.17, 15) is 22.8 Å². The molecule has 3 atom stereocenters. The van der Waals surface area contributed by atoms with Crippen molar-refractivity contribution in [2.24, 2.45) is 11.3 Å². The molecule has 5 rings (SSSR count). The molecule has 2 saturated carbocycles. The van der Waals surface area contributed by atoms with Crippen LogP contribution in [-0.4, -0.2) is 66.0 Å². The Balaban J connectivity index is 1.28. The highest BCUT2D eigenvalue weighted by molar-refractivity contribution is 5.95. The smallest absolute Gasteiger partial charge is 0.419 e. The molecule has 3 aliphatic rings. The molecule has 0 radical (unpaired) electrons. The third-order valence-electron chi connectivity index (χ3n) is 9.40. The lowest BCUT2D eigenvalue weighted by molar-refractivity contribution is -0.138. The Bertz CT molecular complexity index is 1330. The second-order valence-electron chi connectivity index (χ2n) is 12.3. The first-order chi connectivity index (χ1) is 20.5. The molecular weight excluding hydrogens is 561 g/mol. The predicted molar refractivity (Wildman–Crippen MR) is 156 cm³/mol. The van der Waals surface area contributed by atoms with Gasteiger partial charge in [-0.25, -0.2) is 9.97 Å². The number of likely N-dealkylation sites (tertiary alicyclic amines) is 1. The van der Waals surface area contributed by atoms with Crippen molar-refractivity contribution in [3.63, 3.8) is 0 Å². The van der Waals surface area contributed by atoms with Crippen LogP contribution in [0.2, 0.25) is 0 Å². The van der Waals surface area contributed by atoms with E-state index >= 15 is 0 Å². The van der Waals surface area contributed by atoms with Crippen LogP contribution in [0.5, 0.6) is 5.75 Å². The number of aromatic nitrogens is 2. The van der Waals surface area contributed by atoms with Gasteiger partial charge in [0.1, 0.15) is 5.75 Å². The van der Waals surface area contributed by atoms with Gasteiger partial charge in [0.2, 0.25) is 11.9 Å². The summed E-state index contributed by atoms with van der Waals surface area (Å²) in [5, 5.41) is 9.14. The SMILES string of the molecule is COc1cc(C(=O)NC2CCN(C)CC2)ccc1Nc1ncc(C(F)(F)F)c(CCC2C[C@@]23CCCC[C@@H]3NC(C)=O)n1. The third kappa shape index (κ3) is 7.22. The monoisotopic (exact) mass is 602 g/mol. The second kappa shape index (κ2) is 12.7. The summed E-state index contributed by atoms with van der Waals surface area (Å²) in [4.78, 5) is 35.1. The highest BCUT2D eigenvalue weighted by Crippen LogP contribution is 2.63. The molecule has 3 fully saturated rings. The van der Waals surface area contributed by atoms with Crippen LogP contribution in [0.25, 0.3) is 0 Å². The number of carbonyl (C=O) groups excluding carboxylic acids is 2. The molecule has 1 unspecified atom stereocenters. The van der Waals surface area contributed by atoms with E-state index in [0.29, 0.717) is 23.4 Å². The van der Waals surface area contributed by atoms with Gasteiger partial charge in [-0.2, -0.15) is 13.2 Å². The molecule has 1 aromatic heterocycles. The summed E-state index contributed by atoms with van der Waals surface area (Å²) in [7, 11) is 3.52. The Hall–Kier alpha value is -3.41. The molecule has 1 aromatic carbocycles. The van der Waals surface area contributed by atoms with Crippen LogP contribution in [0.1, 0.15) is 79.9 Å². The van der Waals surface area contributed by atoms with E-state index < -0.39 is 11.7 Å². The van der Waals surface area contributed by atoms with Crippen molar-refractivity contribution in [3.05, 3.63) is 41.2 Å². The maximum absolute atomic E-state index is 13.9. The first-order valence-electron chi connectivity index (χ1n) is 15.1. The number of rotatable bonds is 9. The van der Waals surface area contributed by atoms with Gasteiger partial charge < -0.3 is 25.6 Å². The summed E-state index contributed by atoms with van der Waals surface area (Å²) in [5.74, 6) is 0.338. The number of anilines is 2. The Morgan fingerprint density at radius 3 is 2.60 bits per heavy atom. The van der Waals surface area contributed by atoms with E-state index in [-0.39, 0.29) is 53.3 Å². The summed E-state index contributed by atoms with van der Waals surface area (Å²) in [6.45, 7) is 3.36. The minimum atomic E-state index is -4.58. The molecule has 1 aliphatic heterocycles. The number of hydrogen-bond donors (Lipinski definition) is 3. The van der Waals surface area contributed by atoms with Crippen molar-refractivity contribution in [2.45, 2.75) is 83.0 Å². The zero-order valence-corrected chi connectivity index (χ0v) is 25.0. The van der Waals surface area contributed by atoms with E-state index in [2.05, 4.69) is 37.9 Å². The number of nitrogens with zero attached hydrogens (tertiary/aromatic N) is 3. The van der Waals surface area contributed by atoms with Gasteiger partial charge in [0, 0.05) is 30.8 Å². The fraction of sp³-hybridized carbons (Fsp3) is 0.613. The number of hydrogen-bond acceptors (Lipinski definition) is 7. The van der Waals surface area contributed by atoms with Crippen molar-refractivity contribution in [1.82, 2.24) is 25.5 Å². The number of alkyl halides is 3. The van der Waals surface area contributed by atoms with Crippen LogP contribution in [0.3, 0.4) is 0 Å². The Labute approximate surface area is 250 Å². The lowest BCUT2D eigenvalue weighted by atomic mass is 9.79. The number of ether oxygens (including phenoxy) is 1. The quantitative estimate of drug-likeness (QED) is 0.367. The van der Waals surface area contributed by atoms with Crippen molar-refractivity contribution in [1.29, 1.82) is 0 Å². The molecule has 2 aliphatic carbocycles. The van der Waals surface area contributed by atoms with Crippen LogP contribution in [0.15, 0.2) is 24.4 Å². The van der Waals surface area contributed by atoms with Gasteiger partial charge >= 0.3 is 6.18 Å². The number of carbonyl (C=O) groups is 2. The van der Waals surface area contributed by atoms with Crippen LogP contribution in [-0.2, 0) is 17.4 Å². The van der Waals surface area contributed by atoms with Gasteiger partial charge in [0.15, 0.2) is 0 Å². The number of amides is 2. The van der Waals surface area contributed by atoms with Gasteiger partial charge in [-0.1, -0.05) is 12.8 Å². The van der Waals surface area contributed by atoms with Crippen molar-refractivity contribution in [2.75, 3.05) is 32.6 Å². The average Bonchev–Trinajstić information content (AvgIpc) is 3.66. The van der Waals surface area contributed by atoms with Gasteiger partial charge in [0.05, 0.1) is 24.1 Å². The molecule has 9 nitrogen and oxygen atoms in total. The number of aryl methyl sites for hydroxylation is 1. The first-order valence-corrected chi connectivity index (χ1v) is 15.1. The number of benzene rings is 1. The van der Waals surface area contributed by atoms with Gasteiger partial charge in [-0.3, -0.25) is 9.59 Å². The van der Waals surface area contributed by atoms with E-state index in [0.717, 1.165) is 64.2 Å². The molecule has 12 heteroatoms. The van der Waals surface area contributed by atoms with E-state index in [1.807, 2.05) is 0 Å². The number of nitrogens with one attached hydrogen (secondary N) is 3. The Kier molecular flexibility index (Phi) is 9.15. The normalized spacial score (nSPS) is 24.4. The van der Waals surface area contributed by atoms with Crippen LogP contribution < -0.4 is 20.7 Å². The van der Waals surface area contributed by atoms with Crippen molar-refractivity contribution in [3.8, 4) is 5.75 Å². The van der Waals surface area contributed by atoms with E-state index in [1.54, 1.807) is 18.2 Å². The molecule has 2 aromatic rings. The summed E-state index contributed by atoms with van der Waals surface area (Å²) in [6.07, 6.45) is 3.62. The number of halogens is 3. The minimum Gasteiger partial charge on any atom is -0.495 e. The third-order valence-corrected chi connectivity index (χ3v) is 9.40. The summed E-state index contributed by atoms with van der Waals surface area (Å²) >= 11 is 0. The standard InChI is InChI=1S/C31H41F3N6O3/c1-19(41)36-27-6-4-5-13-30(27)17-21(30)8-10-24-23(31(32,33)34)18-35-29(38-24)39-25-9-7-20(16-26(25)43-3)28(42)37-22-11-14-40(2)15-12-22/h7,9,16,18,21-22,27H,4-6,8,10-15,17H2,1-3H3,(H,36,41)(H,37,42)(H,35,38,39)/t21?,27-,30-/m0/s1. The molecule has 3 N–H and O–H groups in total. The van der Waals surface area contributed by atoms with Gasteiger partial charge in [0.25, 0.3) is 5.91 Å². The van der Waals surface area contributed by atoms with Gasteiger partial charge in [-0.15, -0.1) is 0 Å². The highest BCUT2D eigenvalue weighted by atomic mass is 19.4. The predicted octanol–water partition coefficient (Wildman–Crippen LogP) is 5.09. The molecule has 43 heavy (non-hydrogen) atoms. The maximum Gasteiger partial charge on any atom is 0.419 e. The van der Waals surface area contributed by atoms with Crippen LogP contribution in [0, 0.1) is 11.3 Å². The molecule has 234 valence electrons. The molecule has 0 bridgehead atoms. The summed E-state index contributed by atoms with van der Waals surface area (Å²) in [5.41, 5.74) is -0.0696. The topological polar surface area (TPSA) is 108 Å². The fourth-order valence-corrected chi connectivity index (χ4v) is 6.94. The molecule has 2 heterocycles. The second-order valence-corrected chi connectivity index (χ2v) is 12.3. The number of methoxy groups -OCH3 is 1. The molecule has 2 amide bonds. The zero-order valence-electron chi connectivity index (χ0n) is 25.0. The molecule has 1 saturated heterocycles. The largest absolute Gasteiger partial charge is 0.495 e. The first kappa shape index (κ1) is 31.0. The lowest BCUT2D eigenvalue weighted by Crippen LogP contribution is -2.43. The number of piperidine rings is 1.